The first kappa shape index (κ1) is 17.2. The van der Waals surface area contributed by atoms with E-state index in [2.05, 4.69) is 5.32 Å². The van der Waals surface area contributed by atoms with Crippen molar-refractivity contribution in [1.29, 1.82) is 0 Å². The van der Waals surface area contributed by atoms with E-state index in [-0.39, 0.29) is 13.2 Å². The number of aliphatic hydroxyl groups excluding tert-OH is 1. The maximum atomic E-state index is 11.9. The van der Waals surface area contributed by atoms with E-state index in [0.717, 1.165) is 5.56 Å². The number of amides is 1. The smallest absolute Gasteiger partial charge is 0.407 e. The molecule has 0 bridgehead atoms. The van der Waals surface area contributed by atoms with Gasteiger partial charge in [0.05, 0.1) is 12.5 Å². The highest BCUT2D eigenvalue weighted by Crippen LogP contribution is 2.18. The third-order valence-electron chi connectivity index (χ3n) is 3.95. The van der Waals surface area contributed by atoms with Crippen LogP contribution in [0.5, 0.6) is 0 Å². The summed E-state index contributed by atoms with van der Waals surface area (Å²) in [6, 6.07) is 8.82. The van der Waals surface area contributed by atoms with E-state index in [1.54, 1.807) is 0 Å². The number of aliphatic carboxylic acids is 1. The molecule has 0 saturated carbocycles. The lowest BCUT2D eigenvalue weighted by Crippen LogP contribution is -2.54. The number of carboxylic acids is 1. The molecule has 2 rings (SSSR count). The zero-order chi connectivity index (χ0) is 16.7. The summed E-state index contributed by atoms with van der Waals surface area (Å²) >= 11 is 0. The van der Waals surface area contributed by atoms with Crippen molar-refractivity contribution in [3.63, 3.8) is 0 Å². The first-order valence-corrected chi connectivity index (χ1v) is 7.63. The van der Waals surface area contributed by atoms with Gasteiger partial charge in [-0.3, -0.25) is 4.79 Å². The number of carbonyl (C=O) groups excluding carboxylic acids is 1. The molecule has 1 saturated heterocycles. The first-order valence-electron chi connectivity index (χ1n) is 7.63. The second kappa shape index (κ2) is 8.50. The SMILES string of the molecule is O=C(N[C@@H]1CCN(CCO)C[C@H]1C(=O)O)OCc1ccccc1. The summed E-state index contributed by atoms with van der Waals surface area (Å²) in [7, 11) is 0. The van der Waals surface area contributed by atoms with Gasteiger partial charge >= 0.3 is 12.1 Å². The molecule has 0 aromatic heterocycles. The van der Waals surface area contributed by atoms with Gasteiger partial charge in [-0.1, -0.05) is 30.3 Å². The fourth-order valence-electron chi connectivity index (χ4n) is 2.70. The Labute approximate surface area is 134 Å². The summed E-state index contributed by atoms with van der Waals surface area (Å²) < 4.78 is 5.14. The summed E-state index contributed by atoms with van der Waals surface area (Å²) in [5.41, 5.74) is 0.871. The van der Waals surface area contributed by atoms with Gasteiger partial charge in [-0.05, 0) is 12.0 Å². The molecule has 3 N–H and O–H groups in total. The Morgan fingerprint density at radius 3 is 2.70 bits per heavy atom. The van der Waals surface area contributed by atoms with E-state index >= 15 is 0 Å². The molecule has 0 radical (unpaired) electrons. The molecule has 0 aliphatic carbocycles. The molecule has 126 valence electrons. The van der Waals surface area contributed by atoms with Crippen molar-refractivity contribution in [1.82, 2.24) is 10.2 Å². The van der Waals surface area contributed by atoms with Crippen LogP contribution in [0.3, 0.4) is 0 Å². The summed E-state index contributed by atoms with van der Waals surface area (Å²) in [5.74, 6) is -1.67. The van der Waals surface area contributed by atoms with Crippen molar-refractivity contribution in [3.05, 3.63) is 35.9 Å². The number of nitrogens with one attached hydrogen (secondary N) is 1. The number of carboxylic acid groups (broad SMARTS) is 1. The number of hydrogen-bond donors (Lipinski definition) is 3. The van der Waals surface area contributed by atoms with Gasteiger partial charge in [0, 0.05) is 25.7 Å². The molecule has 23 heavy (non-hydrogen) atoms. The maximum absolute atomic E-state index is 11.9. The molecule has 7 heteroatoms. The van der Waals surface area contributed by atoms with Gasteiger partial charge in [0.25, 0.3) is 0 Å². The molecule has 1 amide bonds. The molecule has 0 spiro atoms. The Balaban J connectivity index is 1.85. The lowest BCUT2D eigenvalue weighted by atomic mass is 9.92. The highest BCUT2D eigenvalue weighted by Gasteiger charge is 2.35. The Morgan fingerprint density at radius 1 is 1.30 bits per heavy atom. The van der Waals surface area contributed by atoms with Crippen LogP contribution in [-0.4, -0.2) is 59.5 Å². The lowest BCUT2D eigenvalue weighted by Gasteiger charge is -2.36. The predicted molar refractivity (Wildman–Crippen MR) is 82.8 cm³/mol. The van der Waals surface area contributed by atoms with Crippen molar-refractivity contribution in [2.24, 2.45) is 5.92 Å². The van der Waals surface area contributed by atoms with E-state index in [9.17, 15) is 14.7 Å². The van der Waals surface area contributed by atoms with Gasteiger partial charge in [0.1, 0.15) is 6.61 Å². The van der Waals surface area contributed by atoms with Crippen LogP contribution in [0.25, 0.3) is 0 Å². The van der Waals surface area contributed by atoms with E-state index < -0.39 is 24.0 Å². The van der Waals surface area contributed by atoms with Crippen LogP contribution < -0.4 is 5.32 Å². The van der Waals surface area contributed by atoms with Gasteiger partial charge in [-0.25, -0.2) is 4.79 Å². The summed E-state index contributed by atoms with van der Waals surface area (Å²) in [5, 5.41) is 20.9. The number of benzene rings is 1. The monoisotopic (exact) mass is 322 g/mol. The molecule has 1 aliphatic heterocycles. The van der Waals surface area contributed by atoms with Crippen LogP contribution in [0.15, 0.2) is 30.3 Å². The molecule has 1 aromatic rings. The highest BCUT2D eigenvalue weighted by atomic mass is 16.5. The summed E-state index contributed by atoms with van der Waals surface area (Å²) in [6.45, 7) is 1.51. The first-order chi connectivity index (χ1) is 11.1. The van der Waals surface area contributed by atoms with Gasteiger partial charge in [-0.2, -0.15) is 0 Å². The number of alkyl carbamates (subject to hydrolysis) is 1. The topological polar surface area (TPSA) is 99.1 Å². The second-order valence-corrected chi connectivity index (χ2v) is 5.57. The predicted octanol–water partition coefficient (Wildman–Crippen LogP) is 0.680. The van der Waals surface area contributed by atoms with Crippen molar-refractivity contribution < 1.29 is 24.5 Å². The van der Waals surface area contributed by atoms with Crippen LogP contribution in [0, 0.1) is 5.92 Å². The molecular formula is C16H22N2O5. The number of β-amino-alcohol motifs (C(OH)–C–C–N with tert-alkyl or cyclic N) is 1. The Morgan fingerprint density at radius 2 is 2.04 bits per heavy atom. The molecule has 1 aliphatic rings. The lowest BCUT2D eigenvalue weighted by molar-refractivity contribution is -0.144. The van der Waals surface area contributed by atoms with E-state index in [0.29, 0.717) is 26.1 Å². The average molecular weight is 322 g/mol. The van der Waals surface area contributed by atoms with Crippen LogP contribution in [0.2, 0.25) is 0 Å². The summed E-state index contributed by atoms with van der Waals surface area (Å²) in [4.78, 5) is 25.2. The fourth-order valence-corrected chi connectivity index (χ4v) is 2.70. The second-order valence-electron chi connectivity index (χ2n) is 5.57. The van der Waals surface area contributed by atoms with Gasteiger partial charge in [0.2, 0.25) is 0 Å². The quantitative estimate of drug-likeness (QED) is 0.712. The van der Waals surface area contributed by atoms with Gasteiger partial charge in [-0.15, -0.1) is 0 Å². The van der Waals surface area contributed by atoms with E-state index in [1.165, 1.54) is 0 Å². The van der Waals surface area contributed by atoms with Crippen molar-refractivity contribution >= 4 is 12.1 Å². The Bertz CT molecular complexity index is 522. The normalized spacial score (nSPS) is 21.6. The van der Waals surface area contributed by atoms with Gasteiger partial charge < -0.3 is 25.2 Å². The Hall–Kier alpha value is -2.12. The average Bonchev–Trinajstić information content (AvgIpc) is 2.55. The van der Waals surface area contributed by atoms with Crippen LogP contribution >= 0.6 is 0 Å². The van der Waals surface area contributed by atoms with Crippen LogP contribution in [0.4, 0.5) is 4.79 Å². The number of likely N-dealkylation sites (tertiary alicyclic amines) is 1. The van der Waals surface area contributed by atoms with Gasteiger partial charge in [0.15, 0.2) is 0 Å². The third-order valence-corrected chi connectivity index (χ3v) is 3.95. The molecule has 0 unspecified atom stereocenters. The summed E-state index contributed by atoms with van der Waals surface area (Å²) in [6.07, 6.45) is -0.0991. The molecule has 2 atom stereocenters. The van der Waals surface area contributed by atoms with Crippen LogP contribution in [-0.2, 0) is 16.1 Å². The number of carbonyl (C=O) groups is 2. The number of aliphatic hydroxyl groups is 1. The zero-order valence-corrected chi connectivity index (χ0v) is 12.9. The standard InChI is InChI=1S/C16H22N2O5/c19-9-8-18-7-6-14(13(10-18)15(20)21)17-16(22)23-11-12-4-2-1-3-5-12/h1-5,13-14,19H,6-11H2,(H,17,22)(H,20,21)/t13-,14-/m1/s1. The van der Waals surface area contributed by atoms with Crippen molar-refractivity contribution in [3.8, 4) is 0 Å². The molecule has 7 nitrogen and oxygen atoms in total. The number of nitrogens with zero attached hydrogens (tertiary/aromatic N) is 1. The number of ether oxygens (including phenoxy) is 1. The van der Waals surface area contributed by atoms with Crippen molar-refractivity contribution in [2.75, 3.05) is 26.2 Å². The minimum atomic E-state index is -0.957. The minimum Gasteiger partial charge on any atom is -0.481 e. The van der Waals surface area contributed by atoms with Crippen LogP contribution in [0.1, 0.15) is 12.0 Å². The highest BCUT2D eigenvalue weighted by molar-refractivity contribution is 5.74. The number of hydrogen-bond acceptors (Lipinski definition) is 5. The number of rotatable bonds is 6. The zero-order valence-electron chi connectivity index (χ0n) is 12.9. The molecule has 1 fully saturated rings. The minimum absolute atomic E-state index is 0.0104. The molecular weight excluding hydrogens is 300 g/mol. The van der Waals surface area contributed by atoms with E-state index in [1.807, 2.05) is 35.2 Å². The largest absolute Gasteiger partial charge is 0.481 e. The molecule has 1 heterocycles. The third kappa shape index (κ3) is 5.22. The fraction of sp³-hybridized carbons (Fsp3) is 0.500. The number of piperidine rings is 1. The Kier molecular flexibility index (Phi) is 6.37. The van der Waals surface area contributed by atoms with E-state index in [4.69, 9.17) is 9.84 Å². The van der Waals surface area contributed by atoms with Crippen molar-refractivity contribution in [2.45, 2.75) is 19.1 Å². The molecule has 1 aromatic carbocycles. The maximum Gasteiger partial charge on any atom is 0.407 e.